The van der Waals surface area contributed by atoms with E-state index in [9.17, 15) is 19.8 Å². The van der Waals surface area contributed by atoms with Crippen LogP contribution < -0.4 is 5.32 Å². The van der Waals surface area contributed by atoms with Gasteiger partial charge in [-0.05, 0) is 89.9 Å². The highest BCUT2D eigenvalue weighted by molar-refractivity contribution is 5.76. The molecule has 2 unspecified atom stereocenters. The number of unbranched alkanes of at least 4 members (excludes halogenated alkanes) is 44. The van der Waals surface area contributed by atoms with Crippen molar-refractivity contribution in [3.05, 3.63) is 48.6 Å². The van der Waals surface area contributed by atoms with Crippen LogP contribution in [0.3, 0.4) is 0 Å². The molecule has 74 heavy (non-hydrogen) atoms. The lowest BCUT2D eigenvalue weighted by Gasteiger charge is -2.20. The van der Waals surface area contributed by atoms with Gasteiger partial charge in [0.05, 0.1) is 25.4 Å². The van der Waals surface area contributed by atoms with Crippen LogP contribution in [0.2, 0.25) is 0 Å². The topological polar surface area (TPSA) is 95.9 Å². The molecule has 0 fully saturated rings. The monoisotopic (exact) mass is 1040 g/mol. The maximum atomic E-state index is 12.5. The molecule has 0 aliphatic heterocycles. The number of aliphatic hydroxyl groups excluding tert-OH is 2. The Kier molecular flexibility index (Phi) is 61.5. The highest BCUT2D eigenvalue weighted by Crippen LogP contribution is 2.17. The van der Waals surface area contributed by atoms with Crippen LogP contribution in [-0.2, 0) is 14.3 Å². The van der Waals surface area contributed by atoms with Gasteiger partial charge in [-0.15, -0.1) is 0 Å². The Morgan fingerprint density at radius 2 is 0.676 bits per heavy atom. The number of allylic oxidation sites excluding steroid dienone is 7. The first-order valence-electron chi connectivity index (χ1n) is 32.9. The predicted octanol–water partition coefficient (Wildman–Crippen LogP) is 20.9. The molecule has 6 heteroatoms. The highest BCUT2D eigenvalue weighted by Gasteiger charge is 2.18. The van der Waals surface area contributed by atoms with Gasteiger partial charge in [0.2, 0.25) is 5.91 Å². The largest absolute Gasteiger partial charge is 0.466 e. The minimum absolute atomic E-state index is 0.0160. The average Bonchev–Trinajstić information content (AvgIpc) is 3.40. The van der Waals surface area contributed by atoms with Crippen molar-refractivity contribution in [1.29, 1.82) is 0 Å². The van der Waals surface area contributed by atoms with Gasteiger partial charge in [0.15, 0.2) is 0 Å². The Morgan fingerprint density at radius 1 is 0.378 bits per heavy atom. The minimum Gasteiger partial charge on any atom is -0.466 e. The molecule has 6 nitrogen and oxygen atoms in total. The van der Waals surface area contributed by atoms with Gasteiger partial charge in [-0.1, -0.05) is 294 Å². The molecule has 0 radical (unpaired) electrons. The summed E-state index contributed by atoms with van der Waals surface area (Å²) in [5.74, 6) is -0.0939. The summed E-state index contributed by atoms with van der Waals surface area (Å²) in [5.41, 5.74) is 0. The third-order valence-corrected chi connectivity index (χ3v) is 15.1. The third kappa shape index (κ3) is 59.1. The van der Waals surface area contributed by atoms with Crippen molar-refractivity contribution >= 4 is 11.9 Å². The SMILES string of the molecule is CCCCCC/C=C\C/C=C\CCCCCCCC(=O)OCCCCCCCC/C=C\CCCCCCCCCC(=O)NC(CO)C(O)/C=C/CCCCCCCCCCCCCCCCCCCCCCCC. The highest BCUT2D eigenvalue weighted by atomic mass is 16.5. The lowest BCUT2D eigenvalue weighted by atomic mass is 10.0. The number of ether oxygens (including phenoxy) is 1. The summed E-state index contributed by atoms with van der Waals surface area (Å²) in [4.78, 5) is 24.6. The summed E-state index contributed by atoms with van der Waals surface area (Å²) in [7, 11) is 0. The number of hydrogen-bond donors (Lipinski definition) is 3. The fourth-order valence-corrected chi connectivity index (χ4v) is 10.0. The zero-order valence-corrected chi connectivity index (χ0v) is 49.6. The van der Waals surface area contributed by atoms with E-state index in [4.69, 9.17) is 4.74 Å². The molecule has 0 aromatic carbocycles. The van der Waals surface area contributed by atoms with Crippen LogP contribution in [0.25, 0.3) is 0 Å². The van der Waals surface area contributed by atoms with Crippen molar-refractivity contribution in [2.45, 2.75) is 360 Å². The van der Waals surface area contributed by atoms with E-state index in [0.717, 1.165) is 64.2 Å². The maximum Gasteiger partial charge on any atom is 0.305 e. The Balaban J connectivity index is 3.49. The number of amides is 1. The number of rotatable bonds is 61. The molecule has 0 heterocycles. The molecule has 434 valence electrons. The van der Waals surface area contributed by atoms with E-state index in [0.29, 0.717) is 19.4 Å². The van der Waals surface area contributed by atoms with Crippen LogP contribution in [0.15, 0.2) is 48.6 Å². The summed E-state index contributed by atoms with van der Waals surface area (Å²) < 4.78 is 5.47. The fraction of sp³-hybridized carbons (Fsp3) is 0.853. The van der Waals surface area contributed by atoms with Crippen molar-refractivity contribution in [1.82, 2.24) is 5.32 Å². The molecule has 0 aromatic rings. The van der Waals surface area contributed by atoms with Crippen LogP contribution in [0.4, 0.5) is 0 Å². The molecule has 0 aliphatic rings. The van der Waals surface area contributed by atoms with Crippen LogP contribution in [-0.4, -0.2) is 47.4 Å². The van der Waals surface area contributed by atoms with Gasteiger partial charge in [-0.25, -0.2) is 0 Å². The normalized spacial score (nSPS) is 12.9. The van der Waals surface area contributed by atoms with Gasteiger partial charge in [0.1, 0.15) is 0 Å². The first-order valence-corrected chi connectivity index (χ1v) is 32.9. The van der Waals surface area contributed by atoms with E-state index in [2.05, 4.69) is 55.6 Å². The van der Waals surface area contributed by atoms with Crippen LogP contribution in [0, 0.1) is 0 Å². The van der Waals surface area contributed by atoms with E-state index < -0.39 is 12.1 Å². The Bertz CT molecular complexity index is 1240. The summed E-state index contributed by atoms with van der Waals surface area (Å²) in [6.45, 7) is 4.88. The predicted molar refractivity (Wildman–Crippen MR) is 324 cm³/mol. The first kappa shape index (κ1) is 71.8. The molecule has 0 rings (SSSR count). The van der Waals surface area contributed by atoms with Gasteiger partial charge < -0.3 is 20.3 Å². The molecule has 3 N–H and O–H groups in total. The van der Waals surface area contributed by atoms with E-state index >= 15 is 0 Å². The smallest absolute Gasteiger partial charge is 0.305 e. The summed E-state index contributed by atoms with van der Waals surface area (Å²) >= 11 is 0. The van der Waals surface area contributed by atoms with Crippen LogP contribution in [0.1, 0.15) is 348 Å². The average molecular weight is 1040 g/mol. The molecule has 2 atom stereocenters. The van der Waals surface area contributed by atoms with Gasteiger partial charge in [-0.3, -0.25) is 9.59 Å². The minimum atomic E-state index is -0.855. The molecule has 1 amide bonds. The quantitative estimate of drug-likeness (QED) is 0.0320. The molecule has 0 bridgehead atoms. The van der Waals surface area contributed by atoms with E-state index in [1.54, 1.807) is 6.08 Å². The second-order valence-corrected chi connectivity index (χ2v) is 22.4. The molecule has 0 aromatic heterocycles. The lowest BCUT2D eigenvalue weighted by Crippen LogP contribution is -2.45. The Hall–Kier alpha value is -2.18. The Labute approximate surface area is 461 Å². The van der Waals surface area contributed by atoms with Crippen LogP contribution >= 0.6 is 0 Å². The molecule has 0 saturated carbocycles. The van der Waals surface area contributed by atoms with Crippen molar-refractivity contribution in [3.63, 3.8) is 0 Å². The molecular formula is C68H127NO5. The molecular weight excluding hydrogens is 911 g/mol. The number of carbonyl (C=O) groups excluding carboxylic acids is 2. The zero-order chi connectivity index (χ0) is 53.6. The van der Waals surface area contributed by atoms with Gasteiger partial charge >= 0.3 is 5.97 Å². The number of esters is 1. The summed E-state index contributed by atoms with van der Waals surface area (Å²) in [5, 5.41) is 23.2. The lowest BCUT2D eigenvalue weighted by molar-refractivity contribution is -0.143. The molecule has 0 spiro atoms. The van der Waals surface area contributed by atoms with Crippen molar-refractivity contribution in [2.75, 3.05) is 13.2 Å². The molecule has 0 aliphatic carbocycles. The maximum absolute atomic E-state index is 12.5. The number of aliphatic hydroxyl groups is 2. The van der Waals surface area contributed by atoms with Crippen LogP contribution in [0.5, 0.6) is 0 Å². The van der Waals surface area contributed by atoms with Gasteiger partial charge in [0.25, 0.3) is 0 Å². The second-order valence-electron chi connectivity index (χ2n) is 22.4. The van der Waals surface area contributed by atoms with Crippen molar-refractivity contribution < 1.29 is 24.5 Å². The van der Waals surface area contributed by atoms with Crippen molar-refractivity contribution in [3.8, 4) is 0 Å². The van der Waals surface area contributed by atoms with E-state index in [1.165, 1.54) is 257 Å². The Morgan fingerprint density at radius 3 is 1.05 bits per heavy atom. The molecule has 0 saturated heterocycles. The standard InChI is InChI=1S/C68H127NO5/c1-3-5-7-9-11-13-15-17-19-21-22-23-24-25-26-27-29-32-36-40-44-48-52-56-60-66(71)65(64-70)69-67(72)61-57-53-49-45-41-37-33-30-28-31-35-39-43-47-51-55-59-63-74-68(73)62-58-54-50-46-42-38-34-20-18-16-14-12-10-8-6-4-2/h14,16,20,28,31,34,56,60,65-66,70-71H,3-13,15,17-19,21-27,29-30,32-33,35-55,57-59,61-64H2,1-2H3,(H,69,72)/b16-14-,31-28-,34-20-,60-56+. The summed E-state index contributed by atoms with van der Waals surface area (Å²) in [6, 6.07) is -0.640. The second kappa shape index (κ2) is 63.4. The van der Waals surface area contributed by atoms with Gasteiger partial charge in [-0.2, -0.15) is 0 Å². The zero-order valence-electron chi connectivity index (χ0n) is 49.6. The van der Waals surface area contributed by atoms with E-state index in [1.807, 2.05) is 6.08 Å². The number of nitrogens with one attached hydrogen (secondary N) is 1. The number of carbonyl (C=O) groups is 2. The fourth-order valence-electron chi connectivity index (χ4n) is 10.0. The van der Waals surface area contributed by atoms with Crippen molar-refractivity contribution in [2.24, 2.45) is 0 Å². The van der Waals surface area contributed by atoms with Gasteiger partial charge in [0, 0.05) is 12.8 Å². The first-order chi connectivity index (χ1) is 36.5. The third-order valence-electron chi connectivity index (χ3n) is 15.1. The summed E-state index contributed by atoms with van der Waals surface area (Å²) in [6.07, 6.45) is 81.6. The van der Waals surface area contributed by atoms with E-state index in [-0.39, 0.29) is 18.5 Å². The number of hydrogen-bond acceptors (Lipinski definition) is 5.